The number of nitrogens with one attached hydrogen (secondary N) is 1. The molecule has 2 N–H and O–H groups in total. The fourth-order valence-electron chi connectivity index (χ4n) is 2.23. The van der Waals surface area contributed by atoms with E-state index in [2.05, 4.69) is 5.32 Å². The quantitative estimate of drug-likeness (QED) is 0.881. The minimum Gasteiger partial charge on any atom is -0.481 e. The van der Waals surface area contributed by atoms with E-state index in [9.17, 15) is 14.4 Å². The number of carbonyl (C=O) groups is 3. The van der Waals surface area contributed by atoms with Crippen LogP contribution in [0.3, 0.4) is 0 Å². The van der Waals surface area contributed by atoms with Crippen LogP contribution < -0.4 is 15.0 Å². The van der Waals surface area contributed by atoms with E-state index in [0.717, 1.165) is 0 Å². The van der Waals surface area contributed by atoms with Crippen LogP contribution in [0.4, 0.5) is 11.4 Å². The molecule has 1 aliphatic rings. The van der Waals surface area contributed by atoms with E-state index >= 15 is 0 Å². The largest absolute Gasteiger partial charge is 0.481 e. The van der Waals surface area contributed by atoms with Crippen LogP contribution in [0.25, 0.3) is 0 Å². The lowest BCUT2D eigenvalue weighted by molar-refractivity contribution is -0.138. The van der Waals surface area contributed by atoms with Gasteiger partial charge in [0.05, 0.1) is 12.1 Å². The van der Waals surface area contributed by atoms with E-state index in [1.54, 1.807) is 39.1 Å². The van der Waals surface area contributed by atoms with Crippen LogP contribution in [0.15, 0.2) is 18.2 Å². The van der Waals surface area contributed by atoms with Gasteiger partial charge in [-0.15, -0.1) is 0 Å². The number of carboxylic acid groups (broad SMARTS) is 1. The zero-order valence-corrected chi connectivity index (χ0v) is 12.7. The van der Waals surface area contributed by atoms with Crippen molar-refractivity contribution in [1.29, 1.82) is 0 Å². The zero-order valence-electron chi connectivity index (χ0n) is 12.7. The summed E-state index contributed by atoms with van der Waals surface area (Å²) in [5.74, 6) is -1.07. The molecule has 7 nitrogen and oxygen atoms in total. The Morgan fingerprint density at radius 2 is 2.00 bits per heavy atom. The Bertz CT molecular complexity index is 639. The van der Waals surface area contributed by atoms with Gasteiger partial charge in [0.15, 0.2) is 5.60 Å². The maximum atomic E-state index is 12.1. The molecule has 0 radical (unpaired) electrons. The van der Waals surface area contributed by atoms with Crippen LogP contribution in [0, 0.1) is 0 Å². The van der Waals surface area contributed by atoms with Crippen molar-refractivity contribution in [2.75, 3.05) is 17.3 Å². The summed E-state index contributed by atoms with van der Waals surface area (Å²) in [5.41, 5.74) is 0.133. The fraction of sp³-hybridized carbons (Fsp3) is 0.400. The zero-order chi connectivity index (χ0) is 16.5. The summed E-state index contributed by atoms with van der Waals surface area (Å²) >= 11 is 0. The molecule has 0 spiro atoms. The predicted molar refractivity (Wildman–Crippen MR) is 80.1 cm³/mol. The predicted octanol–water partition coefficient (Wildman–Crippen LogP) is 1.62. The van der Waals surface area contributed by atoms with Crippen molar-refractivity contribution in [2.24, 2.45) is 0 Å². The van der Waals surface area contributed by atoms with Gasteiger partial charge in [-0.2, -0.15) is 0 Å². The van der Waals surface area contributed by atoms with Crippen molar-refractivity contribution in [2.45, 2.75) is 32.3 Å². The first-order valence-corrected chi connectivity index (χ1v) is 6.83. The van der Waals surface area contributed by atoms with Crippen LogP contribution in [0.5, 0.6) is 5.75 Å². The smallest absolute Gasteiger partial charge is 0.303 e. The number of hydrogen-bond donors (Lipinski definition) is 2. The number of ether oxygens (including phenoxy) is 1. The third-order valence-electron chi connectivity index (χ3n) is 3.36. The molecule has 1 aliphatic heterocycles. The highest BCUT2D eigenvalue weighted by Gasteiger charge is 2.39. The van der Waals surface area contributed by atoms with Gasteiger partial charge in [-0.1, -0.05) is 0 Å². The van der Waals surface area contributed by atoms with E-state index in [-0.39, 0.29) is 24.7 Å². The summed E-state index contributed by atoms with van der Waals surface area (Å²) in [6.45, 7) is 3.35. The lowest BCUT2D eigenvalue weighted by Gasteiger charge is -2.37. The van der Waals surface area contributed by atoms with Crippen molar-refractivity contribution >= 4 is 29.2 Å². The van der Waals surface area contributed by atoms with E-state index in [1.165, 1.54) is 4.90 Å². The Labute approximate surface area is 127 Å². The molecule has 0 saturated heterocycles. The highest BCUT2D eigenvalue weighted by molar-refractivity contribution is 6.02. The van der Waals surface area contributed by atoms with Crippen molar-refractivity contribution in [3.8, 4) is 5.75 Å². The minimum absolute atomic E-state index is 0.100. The molecule has 22 heavy (non-hydrogen) atoms. The van der Waals surface area contributed by atoms with Crippen molar-refractivity contribution in [1.82, 2.24) is 0 Å². The second kappa shape index (κ2) is 5.67. The maximum absolute atomic E-state index is 12.1. The highest BCUT2D eigenvalue weighted by Crippen LogP contribution is 2.38. The van der Waals surface area contributed by atoms with Crippen LogP contribution in [-0.2, 0) is 14.4 Å². The van der Waals surface area contributed by atoms with Gasteiger partial charge in [-0.05, 0) is 26.0 Å². The number of aliphatic carboxylic acids is 1. The van der Waals surface area contributed by atoms with Gasteiger partial charge in [0.1, 0.15) is 5.75 Å². The number of rotatable bonds is 4. The topological polar surface area (TPSA) is 95.9 Å². The maximum Gasteiger partial charge on any atom is 0.303 e. The van der Waals surface area contributed by atoms with Gasteiger partial charge in [-0.25, -0.2) is 0 Å². The summed E-state index contributed by atoms with van der Waals surface area (Å²) < 4.78 is 5.69. The van der Waals surface area contributed by atoms with Crippen LogP contribution >= 0.6 is 0 Å². The molecule has 0 aliphatic carbocycles. The Balaban J connectivity index is 2.17. The number of benzene rings is 1. The molecule has 0 fully saturated rings. The standard InChI is InChI=1S/C15H18N2O5/c1-15(2)14(21)17(3)10-5-4-9(8-11(10)22-15)16-12(18)6-7-13(19)20/h4-5,8H,6-7H2,1-3H3,(H,16,18)(H,19,20). The minimum atomic E-state index is -1.02. The summed E-state index contributed by atoms with van der Waals surface area (Å²) in [6.07, 6.45) is -0.325. The molecule has 0 saturated carbocycles. The second-order valence-corrected chi connectivity index (χ2v) is 5.60. The third kappa shape index (κ3) is 3.19. The molecule has 2 amide bonds. The molecule has 2 rings (SSSR count). The molecule has 1 heterocycles. The molecule has 0 aromatic heterocycles. The molecule has 1 aromatic carbocycles. The van der Waals surface area contributed by atoms with E-state index < -0.39 is 11.6 Å². The number of anilines is 2. The lowest BCUT2D eigenvalue weighted by Crippen LogP contribution is -2.50. The third-order valence-corrected chi connectivity index (χ3v) is 3.36. The van der Waals surface area contributed by atoms with Gasteiger partial charge in [0.2, 0.25) is 5.91 Å². The summed E-state index contributed by atoms with van der Waals surface area (Å²) in [4.78, 5) is 35.7. The number of amides is 2. The SMILES string of the molecule is CN1C(=O)C(C)(C)Oc2cc(NC(=O)CCC(=O)O)ccc21. The fourth-order valence-corrected chi connectivity index (χ4v) is 2.23. The lowest BCUT2D eigenvalue weighted by atomic mass is 10.0. The molecule has 118 valence electrons. The summed E-state index contributed by atoms with van der Waals surface area (Å²) in [5, 5.41) is 11.2. The second-order valence-electron chi connectivity index (χ2n) is 5.60. The number of likely N-dealkylation sites (N-methyl/N-ethyl adjacent to an activating group) is 1. The average Bonchev–Trinajstić information content (AvgIpc) is 2.42. The Hall–Kier alpha value is -2.57. The van der Waals surface area contributed by atoms with Gasteiger partial charge in [0.25, 0.3) is 5.91 Å². The van der Waals surface area contributed by atoms with Gasteiger partial charge in [-0.3, -0.25) is 14.4 Å². The first-order valence-electron chi connectivity index (χ1n) is 6.83. The first-order chi connectivity index (χ1) is 10.2. The van der Waals surface area contributed by atoms with Crippen LogP contribution in [-0.4, -0.2) is 35.5 Å². The molecule has 0 unspecified atom stereocenters. The Morgan fingerprint density at radius 1 is 1.32 bits per heavy atom. The number of hydrogen-bond acceptors (Lipinski definition) is 4. The van der Waals surface area contributed by atoms with Crippen LogP contribution in [0.2, 0.25) is 0 Å². The molecule has 7 heteroatoms. The first kappa shape index (κ1) is 15.8. The average molecular weight is 306 g/mol. The van der Waals surface area contributed by atoms with Crippen molar-refractivity contribution in [3.63, 3.8) is 0 Å². The molecular formula is C15H18N2O5. The van der Waals surface area contributed by atoms with Crippen LogP contribution in [0.1, 0.15) is 26.7 Å². The molecular weight excluding hydrogens is 288 g/mol. The molecule has 0 bridgehead atoms. The summed E-state index contributed by atoms with van der Waals surface area (Å²) in [7, 11) is 1.66. The van der Waals surface area contributed by atoms with Crippen molar-refractivity contribution in [3.05, 3.63) is 18.2 Å². The number of nitrogens with zero attached hydrogens (tertiary/aromatic N) is 1. The van der Waals surface area contributed by atoms with E-state index in [4.69, 9.17) is 9.84 Å². The van der Waals surface area contributed by atoms with Gasteiger partial charge >= 0.3 is 5.97 Å². The van der Waals surface area contributed by atoms with Gasteiger partial charge in [0, 0.05) is 25.2 Å². The highest BCUT2D eigenvalue weighted by atomic mass is 16.5. The monoisotopic (exact) mass is 306 g/mol. The van der Waals surface area contributed by atoms with Gasteiger partial charge < -0.3 is 20.1 Å². The Kier molecular flexibility index (Phi) is 4.07. The van der Waals surface area contributed by atoms with E-state index in [0.29, 0.717) is 17.1 Å². The van der Waals surface area contributed by atoms with E-state index in [1.807, 2.05) is 0 Å². The molecule has 0 atom stereocenters. The molecule has 1 aromatic rings. The number of carbonyl (C=O) groups excluding carboxylic acids is 2. The normalized spacial score (nSPS) is 15.8. The van der Waals surface area contributed by atoms with Crippen molar-refractivity contribution < 1.29 is 24.2 Å². The number of carboxylic acids is 1. The summed E-state index contributed by atoms with van der Waals surface area (Å²) in [6, 6.07) is 4.94. The Morgan fingerprint density at radius 3 is 2.64 bits per heavy atom. The number of fused-ring (bicyclic) bond motifs is 1.